The van der Waals surface area contributed by atoms with Gasteiger partial charge in [-0.2, -0.15) is 5.01 Å². The molecule has 1 aromatic carbocycles. The quantitative estimate of drug-likeness (QED) is 0.695. The normalized spacial score (nSPS) is 13.5. The molecule has 1 aliphatic heterocycles. The molecule has 21 heavy (non-hydrogen) atoms. The molecule has 7 heteroatoms. The van der Waals surface area contributed by atoms with Gasteiger partial charge < -0.3 is 0 Å². The second kappa shape index (κ2) is 4.78. The van der Waals surface area contributed by atoms with E-state index in [1.807, 2.05) is 0 Å². The van der Waals surface area contributed by atoms with Crippen molar-refractivity contribution in [3.63, 3.8) is 0 Å². The van der Waals surface area contributed by atoms with Crippen molar-refractivity contribution in [2.45, 2.75) is 13.8 Å². The maximum absolute atomic E-state index is 12.2. The number of anilines is 1. The number of benzene rings is 1. The molecule has 0 aliphatic carbocycles. The van der Waals surface area contributed by atoms with E-state index in [1.54, 1.807) is 31.2 Å². The predicted octanol–water partition coefficient (Wildman–Crippen LogP) is 2.28. The SMILES string of the molecule is CC(=O)c1sc(NN2C(=O)c3ccccc3C2=O)nc1C. The van der Waals surface area contributed by atoms with Crippen molar-refractivity contribution in [3.05, 3.63) is 46.0 Å². The van der Waals surface area contributed by atoms with E-state index in [0.717, 1.165) is 16.3 Å². The first kappa shape index (κ1) is 13.4. The Morgan fingerprint density at radius 2 is 1.76 bits per heavy atom. The number of fused-ring (bicyclic) bond motifs is 1. The summed E-state index contributed by atoms with van der Waals surface area (Å²) < 4.78 is 0. The Balaban J connectivity index is 1.90. The highest BCUT2D eigenvalue weighted by Gasteiger charge is 2.36. The molecule has 0 fully saturated rings. The topological polar surface area (TPSA) is 79.4 Å². The van der Waals surface area contributed by atoms with Crippen LogP contribution in [0.3, 0.4) is 0 Å². The average Bonchev–Trinajstić information content (AvgIpc) is 2.94. The molecule has 2 aromatic rings. The smallest absolute Gasteiger partial charge is 0.280 e. The van der Waals surface area contributed by atoms with E-state index in [-0.39, 0.29) is 5.78 Å². The minimum atomic E-state index is -0.423. The minimum absolute atomic E-state index is 0.0968. The van der Waals surface area contributed by atoms with Gasteiger partial charge in [-0.3, -0.25) is 19.8 Å². The number of aromatic nitrogens is 1. The fourth-order valence-corrected chi connectivity index (χ4v) is 3.01. The number of Topliss-reactive ketones (excluding diaryl/α,β-unsaturated/α-hetero) is 1. The van der Waals surface area contributed by atoms with Gasteiger partial charge in [0.15, 0.2) is 5.78 Å². The van der Waals surface area contributed by atoms with Gasteiger partial charge in [0.05, 0.1) is 21.7 Å². The highest BCUT2D eigenvalue weighted by molar-refractivity contribution is 7.17. The summed E-state index contributed by atoms with van der Waals surface area (Å²) in [6.07, 6.45) is 0. The van der Waals surface area contributed by atoms with Gasteiger partial charge in [-0.1, -0.05) is 23.5 Å². The Morgan fingerprint density at radius 3 is 2.24 bits per heavy atom. The number of hydrogen-bond acceptors (Lipinski definition) is 6. The van der Waals surface area contributed by atoms with Crippen LogP contribution in [0.25, 0.3) is 0 Å². The van der Waals surface area contributed by atoms with E-state index >= 15 is 0 Å². The molecule has 0 bridgehead atoms. The van der Waals surface area contributed by atoms with Crippen LogP contribution >= 0.6 is 11.3 Å². The minimum Gasteiger partial charge on any atom is -0.294 e. The molecule has 106 valence electrons. The number of imide groups is 1. The fraction of sp³-hybridized carbons (Fsp3) is 0.143. The summed E-state index contributed by atoms with van der Waals surface area (Å²) in [4.78, 5) is 40.5. The van der Waals surface area contributed by atoms with Crippen LogP contribution in [0.1, 0.15) is 43.0 Å². The van der Waals surface area contributed by atoms with E-state index in [4.69, 9.17) is 0 Å². The number of carbonyl (C=O) groups excluding carboxylic acids is 3. The zero-order valence-corrected chi connectivity index (χ0v) is 12.2. The molecule has 0 saturated heterocycles. The molecular weight excluding hydrogens is 290 g/mol. The van der Waals surface area contributed by atoms with Crippen LogP contribution in [0.15, 0.2) is 24.3 Å². The summed E-state index contributed by atoms with van der Waals surface area (Å²) in [7, 11) is 0. The van der Waals surface area contributed by atoms with E-state index in [1.165, 1.54) is 6.92 Å². The fourth-order valence-electron chi connectivity index (χ4n) is 2.16. The molecule has 0 saturated carbocycles. The lowest BCUT2D eigenvalue weighted by molar-refractivity contribution is 0.0691. The molecule has 1 aromatic heterocycles. The maximum Gasteiger partial charge on any atom is 0.280 e. The van der Waals surface area contributed by atoms with Crippen molar-refractivity contribution in [3.8, 4) is 0 Å². The Morgan fingerprint density at radius 1 is 1.19 bits per heavy atom. The number of ketones is 1. The van der Waals surface area contributed by atoms with E-state index in [0.29, 0.717) is 26.8 Å². The number of carbonyl (C=O) groups is 3. The summed E-state index contributed by atoms with van der Waals surface area (Å²) in [6.45, 7) is 3.16. The Labute approximate surface area is 124 Å². The van der Waals surface area contributed by atoms with E-state index in [2.05, 4.69) is 10.4 Å². The van der Waals surface area contributed by atoms with Crippen molar-refractivity contribution in [2.24, 2.45) is 0 Å². The first-order valence-corrected chi connectivity index (χ1v) is 7.03. The van der Waals surface area contributed by atoms with Crippen LogP contribution in [0.5, 0.6) is 0 Å². The van der Waals surface area contributed by atoms with Gasteiger partial charge in [-0.25, -0.2) is 4.98 Å². The van der Waals surface area contributed by atoms with Gasteiger partial charge in [0, 0.05) is 6.92 Å². The summed E-state index contributed by atoms with van der Waals surface area (Å²) in [5.74, 6) is -0.943. The third-order valence-corrected chi connectivity index (χ3v) is 4.28. The largest absolute Gasteiger partial charge is 0.294 e. The van der Waals surface area contributed by atoms with Gasteiger partial charge in [-0.05, 0) is 19.1 Å². The van der Waals surface area contributed by atoms with Gasteiger partial charge in [0.25, 0.3) is 11.8 Å². The molecule has 0 spiro atoms. The lowest BCUT2D eigenvalue weighted by Crippen LogP contribution is -2.35. The van der Waals surface area contributed by atoms with E-state index in [9.17, 15) is 14.4 Å². The first-order chi connectivity index (χ1) is 9.99. The van der Waals surface area contributed by atoms with Gasteiger partial charge >= 0.3 is 0 Å². The van der Waals surface area contributed by atoms with Crippen molar-refractivity contribution in [1.82, 2.24) is 9.99 Å². The van der Waals surface area contributed by atoms with Crippen molar-refractivity contribution in [1.29, 1.82) is 0 Å². The lowest BCUT2D eigenvalue weighted by Gasteiger charge is -2.13. The molecule has 1 aliphatic rings. The second-order valence-corrected chi connectivity index (χ2v) is 5.59. The van der Waals surface area contributed by atoms with Crippen molar-refractivity contribution in [2.75, 3.05) is 5.43 Å². The zero-order valence-electron chi connectivity index (χ0n) is 11.3. The highest BCUT2D eigenvalue weighted by Crippen LogP contribution is 2.27. The van der Waals surface area contributed by atoms with Crippen LogP contribution in [-0.2, 0) is 0 Å². The van der Waals surface area contributed by atoms with E-state index < -0.39 is 11.8 Å². The number of amides is 2. The number of aryl methyl sites for hydroxylation is 1. The third kappa shape index (κ3) is 2.11. The summed E-state index contributed by atoms with van der Waals surface area (Å²) in [6, 6.07) is 6.61. The molecule has 3 rings (SSSR count). The Bertz CT molecular complexity index is 747. The van der Waals surface area contributed by atoms with Crippen LogP contribution in [0, 0.1) is 6.92 Å². The van der Waals surface area contributed by atoms with Gasteiger partial charge in [0.2, 0.25) is 5.13 Å². The number of rotatable bonds is 3. The number of nitrogens with zero attached hydrogens (tertiary/aromatic N) is 2. The van der Waals surface area contributed by atoms with Gasteiger partial charge in [-0.15, -0.1) is 0 Å². The van der Waals surface area contributed by atoms with Crippen LogP contribution in [0.4, 0.5) is 5.13 Å². The molecule has 2 heterocycles. The number of nitrogens with one attached hydrogen (secondary N) is 1. The van der Waals surface area contributed by atoms with Crippen LogP contribution in [-0.4, -0.2) is 27.6 Å². The highest BCUT2D eigenvalue weighted by atomic mass is 32.1. The Kier molecular flexibility index (Phi) is 3.06. The summed E-state index contributed by atoms with van der Waals surface area (Å²) in [5, 5.41) is 1.26. The van der Waals surface area contributed by atoms with Crippen molar-refractivity contribution >= 4 is 34.1 Å². The number of hydrazine groups is 1. The van der Waals surface area contributed by atoms with Crippen molar-refractivity contribution < 1.29 is 14.4 Å². The molecular formula is C14H11N3O3S. The third-order valence-electron chi connectivity index (χ3n) is 3.12. The van der Waals surface area contributed by atoms with Crippen LogP contribution in [0.2, 0.25) is 0 Å². The standard InChI is InChI=1S/C14H11N3O3S/c1-7-11(8(2)18)21-14(15-7)16-17-12(19)9-5-3-4-6-10(9)13(17)20/h3-6H,1-2H3,(H,15,16). The maximum atomic E-state index is 12.2. The zero-order chi connectivity index (χ0) is 15.1. The molecule has 2 amide bonds. The Hall–Kier alpha value is -2.54. The molecule has 0 unspecified atom stereocenters. The van der Waals surface area contributed by atoms with Crippen LogP contribution < -0.4 is 5.43 Å². The summed E-state index contributed by atoms with van der Waals surface area (Å²) in [5.41, 5.74) is 3.98. The monoisotopic (exact) mass is 301 g/mol. The lowest BCUT2D eigenvalue weighted by atomic mass is 10.1. The first-order valence-electron chi connectivity index (χ1n) is 6.22. The number of thiazole rings is 1. The second-order valence-electron chi connectivity index (χ2n) is 4.59. The molecule has 0 radical (unpaired) electrons. The van der Waals surface area contributed by atoms with Gasteiger partial charge in [0.1, 0.15) is 0 Å². The molecule has 6 nitrogen and oxygen atoms in total. The molecule has 0 atom stereocenters. The summed E-state index contributed by atoms with van der Waals surface area (Å²) >= 11 is 1.12. The predicted molar refractivity (Wildman–Crippen MR) is 77.4 cm³/mol. The average molecular weight is 301 g/mol. The number of hydrogen-bond donors (Lipinski definition) is 1. The molecule has 1 N–H and O–H groups in total.